The molecule has 0 bridgehead atoms. The molecule has 0 aromatic carbocycles. The van der Waals surface area contributed by atoms with Crippen molar-refractivity contribution in [2.75, 3.05) is 30.3 Å². The van der Waals surface area contributed by atoms with E-state index in [2.05, 4.69) is 27.5 Å². The molecule has 96 valence electrons. The SMILES string of the molecule is CCCNc1cc(NCC(C)CO)nc(C)n1. The van der Waals surface area contributed by atoms with Crippen molar-refractivity contribution in [1.29, 1.82) is 0 Å². The lowest BCUT2D eigenvalue weighted by Gasteiger charge is -2.12. The predicted molar refractivity (Wildman–Crippen MR) is 70.3 cm³/mol. The largest absolute Gasteiger partial charge is 0.396 e. The van der Waals surface area contributed by atoms with Gasteiger partial charge in [-0.1, -0.05) is 13.8 Å². The second-order valence-corrected chi connectivity index (χ2v) is 4.28. The molecule has 0 radical (unpaired) electrons. The number of aliphatic hydroxyl groups is 1. The van der Waals surface area contributed by atoms with Crippen LogP contribution in [0.5, 0.6) is 0 Å². The second kappa shape index (κ2) is 7.06. The van der Waals surface area contributed by atoms with Gasteiger partial charge in [-0.3, -0.25) is 0 Å². The molecule has 0 spiro atoms. The fraction of sp³-hybridized carbons (Fsp3) is 0.667. The van der Waals surface area contributed by atoms with Crippen LogP contribution in [0.4, 0.5) is 11.6 Å². The molecule has 1 aromatic heterocycles. The number of anilines is 2. The van der Waals surface area contributed by atoms with Gasteiger partial charge in [0.15, 0.2) is 0 Å². The summed E-state index contributed by atoms with van der Waals surface area (Å²) in [7, 11) is 0. The van der Waals surface area contributed by atoms with Gasteiger partial charge >= 0.3 is 0 Å². The van der Waals surface area contributed by atoms with Crippen LogP contribution < -0.4 is 10.6 Å². The van der Waals surface area contributed by atoms with Crippen molar-refractivity contribution in [3.63, 3.8) is 0 Å². The van der Waals surface area contributed by atoms with Gasteiger partial charge in [0.05, 0.1) is 0 Å². The van der Waals surface area contributed by atoms with E-state index in [0.29, 0.717) is 6.54 Å². The van der Waals surface area contributed by atoms with Gasteiger partial charge in [0.25, 0.3) is 0 Å². The molecule has 5 nitrogen and oxygen atoms in total. The molecule has 5 heteroatoms. The standard InChI is InChI=1S/C12H22N4O/c1-4-5-13-11-6-12(16-10(3)15-11)14-7-9(2)8-17/h6,9,17H,4-5,7-8H2,1-3H3,(H2,13,14,15,16). The number of hydrogen-bond donors (Lipinski definition) is 3. The quantitative estimate of drug-likeness (QED) is 0.674. The molecular weight excluding hydrogens is 216 g/mol. The fourth-order valence-corrected chi connectivity index (χ4v) is 1.35. The molecule has 0 aliphatic rings. The third-order valence-corrected chi connectivity index (χ3v) is 2.34. The molecule has 1 unspecified atom stereocenters. The van der Waals surface area contributed by atoms with Crippen molar-refractivity contribution in [3.05, 3.63) is 11.9 Å². The number of aromatic nitrogens is 2. The summed E-state index contributed by atoms with van der Waals surface area (Å²) < 4.78 is 0. The maximum absolute atomic E-state index is 8.95. The van der Waals surface area contributed by atoms with Crippen LogP contribution in [0.1, 0.15) is 26.1 Å². The van der Waals surface area contributed by atoms with Gasteiger partial charge in [-0.25, -0.2) is 9.97 Å². The highest BCUT2D eigenvalue weighted by Crippen LogP contribution is 2.11. The summed E-state index contributed by atoms with van der Waals surface area (Å²) >= 11 is 0. The van der Waals surface area contributed by atoms with E-state index in [0.717, 1.165) is 30.4 Å². The average molecular weight is 238 g/mol. The third-order valence-electron chi connectivity index (χ3n) is 2.34. The van der Waals surface area contributed by atoms with E-state index in [9.17, 15) is 0 Å². The number of aliphatic hydroxyl groups excluding tert-OH is 1. The smallest absolute Gasteiger partial charge is 0.131 e. The van der Waals surface area contributed by atoms with Crippen LogP contribution in [-0.2, 0) is 0 Å². The van der Waals surface area contributed by atoms with Crippen LogP contribution in [0.2, 0.25) is 0 Å². The lowest BCUT2D eigenvalue weighted by atomic mass is 10.2. The first-order valence-electron chi connectivity index (χ1n) is 6.10. The molecule has 1 rings (SSSR count). The van der Waals surface area contributed by atoms with Crippen LogP contribution in [0.25, 0.3) is 0 Å². The van der Waals surface area contributed by atoms with Crippen LogP contribution >= 0.6 is 0 Å². The number of aryl methyl sites for hydroxylation is 1. The molecule has 0 aliphatic heterocycles. The highest BCUT2D eigenvalue weighted by atomic mass is 16.3. The Bertz CT molecular complexity index is 343. The number of rotatable bonds is 7. The fourth-order valence-electron chi connectivity index (χ4n) is 1.35. The topological polar surface area (TPSA) is 70.1 Å². The Labute approximate surface area is 103 Å². The lowest BCUT2D eigenvalue weighted by molar-refractivity contribution is 0.244. The Kier molecular flexibility index (Phi) is 5.69. The van der Waals surface area contributed by atoms with Crippen molar-refractivity contribution >= 4 is 11.6 Å². The minimum Gasteiger partial charge on any atom is -0.396 e. The van der Waals surface area contributed by atoms with Gasteiger partial charge in [0.2, 0.25) is 0 Å². The summed E-state index contributed by atoms with van der Waals surface area (Å²) in [5.41, 5.74) is 0. The average Bonchev–Trinajstić information content (AvgIpc) is 2.32. The summed E-state index contributed by atoms with van der Waals surface area (Å²) in [5.74, 6) is 2.61. The Hall–Kier alpha value is -1.36. The Morgan fingerprint density at radius 1 is 1.29 bits per heavy atom. The van der Waals surface area contributed by atoms with Gasteiger partial charge in [0, 0.05) is 25.8 Å². The van der Waals surface area contributed by atoms with E-state index in [1.165, 1.54) is 0 Å². The Morgan fingerprint density at radius 2 is 1.94 bits per heavy atom. The van der Waals surface area contributed by atoms with Gasteiger partial charge in [-0.2, -0.15) is 0 Å². The van der Waals surface area contributed by atoms with Crippen LogP contribution in [-0.4, -0.2) is 34.8 Å². The molecule has 1 atom stereocenters. The van der Waals surface area contributed by atoms with Gasteiger partial charge in [-0.05, 0) is 19.3 Å². The van der Waals surface area contributed by atoms with Crippen LogP contribution in [0, 0.1) is 12.8 Å². The summed E-state index contributed by atoms with van der Waals surface area (Å²) in [6.45, 7) is 7.76. The molecule has 0 fully saturated rings. The van der Waals surface area contributed by atoms with Gasteiger partial charge in [-0.15, -0.1) is 0 Å². The van der Waals surface area contributed by atoms with E-state index in [1.807, 2.05) is 19.9 Å². The van der Waals surface area contributed by atoms with Gasteiger partial charge < -0.3 is 15.7 Å². The minimum atomic E-state index is 0.179. The maximum atomic E-state index is 8.95. The molecule has 0 saturated carbocycles. The molecule has 1 aromatic rings. The molecule has 0 aliphatic carbocycles. The second-order valence-electron chi connectivity index (χ2n) is 4.28. The maximum Gasteiger partial charge on any atom is 0.131 e. The highest BCUT2D eigenvalue weighted by molar-refractivity contribution is 5.47. The first-order chi connectivity index (χ1) is 8.15. The van der Waals surface area contributed by atoms with Crippen molar-refractivity contribution in [2.24, 2.45) is 5.92 Å². The summed E-state index contributed by atoms with van der Waals surface area (Å²) in [5, 5.41) is 15.4. The first-order valence-corrected chi connectivity index (χ1v) is 6.10. The van der Waals surface area contributed by atoms with E-state index in [1.54, 1.807) is 0 Å². The third kappa shape index (κ3) is 4.99. The lowest BCUT2D eigenvalue weighted by Crippen LogP contribution is -2.16. The molecule has 17 heavy (non-hydrogen) atoms. The zero-order chi connectivity index (χ0) is 12.7. The van der Waals surface area contributed by atoms with Crippen molar-refractivity contribution < 1.29 is 5.11 Å². The monoisotopic (exact) mass is 238 g/mol. The van der Waals surface area contributed by atoms with E-state index >= 15 is 0 Å². The van der Waals surface area contributed by atoms with Crippen molar-refractivity contribution in [1.82, 2.24) is 9.97 Å². The number of nitrogens with zero attached hydrogens (tertiary/aromatic N) is 2. The number of hydrogen-bond acceptors (Lipinski definition) is 5. The molecule has 3 N–H and O–H groups in total. The molecule has 1 heterocycles. The van der Waals surface area contributed by atoms with E-state index < -0.39 is 0 Å². The minimum absolute atomic E-state index is 0.179. The summed E-state index contributed by atoms with van der Waals surface area (Å²) in [4.78, 5) is 8.61. The molecule has 0 amide bonds. The predicted octanol–water partition coefficient (Wildman–Crippen LogP) is 1.65. The van der Waals surface area contributed by atoms with E-state index in [4.69, 9.17) is 5.11 Å². The Morgan fingerprint density at radius 3 is 2.53 bits per heavy atom. The van der Waals surface area contributed by atoms with Gasteiger partial charge in [0.1, 0.15) is 17.5 Å². The molecular formula is C12H22N4O. The van der Waals surface area contributed by atoms with Crippen molar-refractivity contribution in [3.8, 4) is 0 Å². The summed E-state index contributed by atoms with van der Waals surface area (Å²) in [6, 6.07) is 1.90. The normalized spacial score (nSPS) is 12.2. The zero-order valence-electron chi connectivity index (χ0n) is 10.8. The summed E-state index contributed by atoms with van der Waals surface area (Å²) in [6.07, 6.45) is 1.06. The first kappa shape index (κ1) is 13.7. The number of nitrogens with one attached hydrogen (secondary N) is 2. The van der Waals surface area contributed by atoms with Crippen LogP contribution in [0.15, 0.2) is 6.07 Å². The van der Waals surface area contributed by atoms with Crippen LogP contribution in [0.3, 0.4) is 0 Å². The van der Waals surface area contributed by atoms with E-state index in [-0.39, 0.29) is 12.5 Å². The highest BCUT2D eigenvalue weighted by Gasteiger charge is 2.03. The zero-order valence-corrected chi connectivity index (χ0v) is 10.8. The van der Waals surface area contributed by atoms with Crippen molar-refractivity contribution in [2.45, 2.75) is 27.2 Å². The Balaban J connectivity index is 2.61. The molecule has 0 saturated heterocycles.